The summed E-state index contributed by atoms with van der Waals surface area (Å²) >= 11 is 0. The molecule has 1 heterocycles. The first-order valence-electron chi connectivity index (χ1n) is 6.44. The lowest BCUT2D eigenvalue weighted by Gasteiger charge is -2.31. The van der Waals surface area contributed by atoms with Gasteiger partial charge in [0.15, 0.2) is 0 Å². The smallest absolute Gasteiger partial charge is 0.234 e. The van der Waals surface area contributed by atoms with Crippen molar-refractivity contribution in [3.63, 3.8) is 0 Å². The molecular formula is C12H24ClN3O. The fourth-order valence-corrected chi connectivity index (χ4v) is 2.34. The zero-order valence-electron chi connectivity index (χ0n) is 10.6. The van der Waals surface area contributed by atoms with Crippen LogP contribution >= 0.6 is 12.4 Å². The van der Waals surface area contributed by atoms with E-state index >= 15 is 0 Å². The number of piperidine rings is 1. The normalized spacial score (nSPS) is 21.9. The summed E-state index contributed by atoms with van der Waals surface area (Å²) in [5, 5.41) is 6.27. The Bertz CT molecular complexity index is 238. The quantitative estimate of drug-likeness (QED) is 0.763. The maximum atomic E-state index is 11.6. The first kappa shape index (κ1) is 14.7. The van der Waals surface area contributed by atoms with Gasteiger partial charge in [-0.05, 0) is 58.3 Å². The minimum atomic E-state index is 0. The van der Waals surface area contributed by atoms with Gasteiger partial charge in [0.1, 0.15) is 0 Å². The van der Waals surface area contributed by atoms with Crippen molar-refractivity contribution in [2.24, 2.45) is 5.92 Å². The second kappa shape index (κ2) is 7.19. The highest BCUT2D eigenvalue weighted by molar-refractivity contribution is 5.85. The molecule has 5 heteroatoms. The first-order chi connectivity index (χ1) is 7.78. The third-order valence-electron chi connectivity index (χ3n) is 3.51. The van der Waals surface area contributed by atoms with Crippen LogP contribution in [0.5, 0.6) is 0 Å². The molecule has 17 heavy (non-hydrogen) atoms. The number of carbonyl (C=O) groups is 1. The highest BCUT2D eigenvalue weighted by atomic mass is 35.5. The van der Waals surface area contributed by atoms with Gasteiger partial charge in [0, 0.05) is 6.04 Å². The Labute approximate surface area is 110 Å². The lowest BCUT2D eigenvalue weighted by Crippen LogP contribution is -2.43. The van der Waals surface area contributed by atoms with Crippen LogP contribution in [0.3, 0.4) is 0 Å². The molecule has 0 aromatic rings. The van der Waals surface area contributed by atoms with Crippen LogP contribution in [0.25, 0.3) is 0 Å². The van der Waals surface area contributed by atoms with E-state index in [1.54, 1.807) is 0 Å². The molecule has 0 radical (unpaired) electrons. The van der Waals surface area contributed by atoms with Crippen LogP contribution in [0.15, 0.2) is 0 Å². The number of nitrogens with one attached hydrogen (secondary N) is 2. The van der Waals surface area contributed by atoms with E-state index in [9.17, 15) is 4.79 Å². The SMILES string of the molecule is CNCC1CCN(CC(=O)NC2CC2)CC1.Cl. The third-order valence-corrected chi connectivity index (χ3v) is 3.51. The van der Waals surface area contributed by atoms with Gasteiger partial charge in [0.25, 0.3) is 0 Å². The van der Waals surface area contributed by atoms with Gasteiger partial charge in [-0.3, -0.25) is 9.69 Å². The Morgan fingerprint density at radius 1 is 1.24 bits per heavy atom. The predicted octanol–water partition coefficient (Wildman–Crippen LogP) is 0.618. The Morgan fingerprint density at radius 2 is 1.88 bits per heavy atom. The maximum Gasteiger partial charge on any atom is 0.234 e. The van der Waals surface area contributed by atoms with Gasteiger partial charge in [0.2, 0.25) is 5.91 Å². The fourth-order valence-electron chi connectivity index (χ4n) is 2.34. The minimum Gasteiger partial charge on any atom is -0.352 e. The molecule has 0 atom stereocenters. The van der Waals surface area contributed by atoms with Gasteiger partial charge in [0.05, 0.1) is 6.54 Å². The molecule has 0 unspecified atom stereocenters. The zero-order valence-corrected chi connectivity index (χ0v) is 11.4. The summed E-state index contributed by atoms with van der Waals surface area (Å²) in [6.45, 7) is 3.86. The van der Waals surface area contributed by atoms with Crippen LogP contribution in [0, 0.1) is 5.92 Å². The second-order valence-corrected chi connectivity index (χ2v) is 5.12. The van der Waals surface area contributed by atoms with Crippen molar-refractivity contribution in [1.29, 1.82) is 0 Å². The molecule has 1 saturated carbocycles. The molecule has 2 rings (SSSR count). The molecule has 100 valence electrons. The molecule has 0 aromatic carbocycles. The molecule has 1 amide bonds. The number of carbonyl (C=O) groups excluding carboxylic acids is 1. The second-order valence-electron chi connectivity index (χ2n) is 5.12. The van der Waals surface area contributed by atoms with Crippen LogP contribution in [-0.2, 0) is 4.79 Å². The largest absolute Gasteiger partial charge is 0.352 e. The summed E-state index contributed by atoms with van der Waals surface area (Å²) in [7, 11) is 2.01. The summed E-state index contributed by atoms with van der Waals surface area (Å²) in [6.07, 6.45) is 4.79. The number of nitrogens with zero attached hydrogens (tertiary/aromatic N) is 1. The van der Waals surface area contributed by atoms with E-state index in [0.29, 0.717) is 12.6 Å². The van der Waals surface area contributed by atoms with Crippen molar-refractivity contribution >= 4 is 18.3 Å². The fraction of sp³-hybridized carbons (Fsp3) is 0.917. The van der Waals surface area contributed by atoms with Crippen molar-refractivity contribution in [2.45, 2.75) is 31.7 Å². The average molecular weight is 262 g/mol. The van der Waals surface area contributed by atoms with E-state index in [1.165, 1.54) is 25.7 Å². The van der Waals surface area contributed by atoms with Gasteiger partial charge >= 0.3 is 0 Å². The number of hydrogen-bond donors (Lipinski definition) is 2. The lowest BCUT2D eigenvalue weighted by atomic mass is 9.97. The summed E-state index contributed by atoms with van der Waals surface area (Å²) < 4.78 is 0. The monoisotopic (exact) mass is 261 g/mol. The Kier molecular flexibility index (Phi) is 6.23. The van der Waals surface area contributed by atoms with Gasteiger partial charge < -0.3 is 10.6 Å². The van der Waals surface area contributed by atoms with Gasteiger partial charge in [-0.25, -0.2) is 0 Å². The molecule has 2 fully saturated rings. The molecule has 1 aliphatic carbocycles. The van der Waals surface area contributed by atoms with E-state index < -0.39 is 0 Å². The van der Waals surface area contributed by atoms with E-state index in [-0.39, 0.29) is 18.3 Å². The molecule has 0 spiro atoms. The Balaban J connectivity index is 0.00000144. The van der Waals surface area contributed by atoms with Crippen molar-refractivity contribution in [3.05, 3.63) is 0 Å². The molecule has 0 bridgehead atoms. The van der Waals surface area contributed by atoms with Crippen LogP contribution in [0.2, 0.25) is 0 Å². The number of rotatable bonds is 5. The van der Waals surface area contributed by atoms with Crippen molar-refractivity contribution in [2.75, 3.05) is 33.2 Å². The van der Waals surface area contributed by atoms with E-state index in [4.69, 9.17) is 0 Å². The van der Waals surface area contributed by atoms with Crippen molar-refractivity contribution in [1.82, 2.24) is 15.5 Å². The molecular weight excluding hydrogens is 238 g/mol. The van der Waals surface area contributed by atoms with E-state index in [1.807, 2.05) is 7.05 Å². The Morgan fingerprint density at radius 3 is 2.41 bits per heavy atom. The number of amides is 1. The summed E-state index contributed by atoms with van der Waals surface area (Å²) in [6, 6.07) is 0.495. The first-order valence-corrected chi connectivity index (χ1v) is 6.44. The molecule has 2 N–H and O–H groups in total. The minimum absolute atomic E-state index is 0. The van der Waals surface area contributed by atoms with Crippen LogP contribution in [0.1, 0.15) is 25.7 Å². The molecule has 1 aliphatic heterocycles. The van der Waals surface area contributed by atoms with Gasteiger partial charge in [-0.2, -0.15) is 0 Å². The summed E-state index contributed by atoms with van der Waals surface area (Å²) in [4.78, 5) is 13.9. The third kappa shape index (κ3) is 5.23. The standard InChI is InChI=1S/C12H23N3O.ClH/c1-13-8-10-4-6-15(7-5-10)9-12(16)14-11-2-3-11;/h10-11,13H,2-9H2,1H3,(H,14,16);1H. The zero-order chi connectivity index (χ0) is 11.4. The number of halogens is 1. The Hall–Kier alpha value is -0.320. The van der Waals surface area contributed by atoms with Crippen LogP contribution < -0.4 is 10.6 Å². The summed E-state index contributed by atoms with van der Waals surface area (Å²) in [5.41, 5.74) is 0. The lowest BCUT2D eigenvalue weighted by molar-refractivity contribution is -0.122. The highest BCUT2D eigenvalue weighted by Gasteiger charge is 2.25. The van der Waals surface area contributed by atoms with E-state index in [2.05, 4.69) is 15.5 Å². The van der Waals surface area contributed by atoms with Crippen molar-refractivity contribution < 1.29 is 4.79 Å². The van der Waals surface area contributed by atoms with Crippen LogP contribution in [-0.4, -0.2) is 50.1 Å². The average Bonchev–Trinajstić information content (AvgIpc) is 3.05. The maximum absolute atomic E-state index is 11.6. The van der Waals surface area contributed by atoms with Gasteiger partial charge in [-0.1, -0.05) is 0 Å². The molecule has 2 aliphatic rings. The molecule has 1 saturated heterocycles. The van der Waals surface area contributed by atoms with Gasteiger partial charge in [-0.15, -0.1) is 12.4 Å². The molecule has 4 nitrogen and oxygen atoms in total. The summed E-state index contributed by atoms with van der Waals surface area (Å²) in [5.74, 6) is 1.02. The van der Waals surface area contributed by atoms with Crippen LogP contribution in [0.4, 0.5) is 0 Å². The number of hydrogen-bond acceptors (Lipinski definition) is 3. The van der Waals surface area contributed by atoms with E-state index in [0.717, 1.165) is 25.6 Å². The molecule has 0 aromatic heterocycles. The predicted molar refractivity (Wildman–Crippen MR) is 71.5 cm³/mol. The highest BCUT2D eigenvalue weighted by Crippen LogP contribution is 2.19. The topological polar surface area (TPSA) is 44.4 Å². The number of likely N-dealkylation sites (tertiary alicyclic amines) is 1. The van der Waals surface area contributed by atoms with Crippen molar-refractivity contribution in [3.8, 4) is 0 Å².